The minimum atomic E-state index is -0.588. The molecule has 0 unspecified atom stereocenters. The SMILES string of the molecule is CCOC1CC(NC(=O)c2cc(Cl)ccc2[N+](=O)[O-])C1. The summed E-state index contributed by atoms with van der Waals surface area (Å²) in [5.41, 5.74) is -0.255. The Morgan fingerprint density at radius 2 is 2.25 bits per heavy atom. The van der Waals surface area contributed by atoms with Gasteiger partial charge >= 0.3 is 0 Å². The van der Waals surface area contributed by atoms with E-state index in [9.17, 15) is 14.9 Å². The highest BCUT2D eigenvalue weighted by Crippen LogP contribution is 2.26. The van der Waals surface area contributed by atoms with Crippen LogP contribution in [0.2, 0.25) is 5.02 Å². The molecule has 1 aliphatic carbocycles. The standard InChI is InChI=1S/C13H15ClN2O4/c1-2-20-10-6-9(7-10)15-13(17)11-5-8(14)3-4-12(11)16(18)19/h3-5,9-10H,2,6-7H2,1H3,(H,15,17). The highest BCUT2D eigenvalue weighted by Gasteiger charge is 2.32. The summed E-state index contributed by atoms with van der Waals surface area (Å²) < 4.78 is 5.40. The van der Waals surface area contributed by atoms with Gasteiger partial charge < -0.3 is 10.1 Å². The van der Waals surface area contributed by atoms with Crippen molar-refractivity contribution in [3.05, 3.63) is 38.9 Å². The third-order valence-corrected chi connectivity index (χ3v) is 3.47. The lowest BCUT2D eigenvalue weighted by Crippen LogP contribution is -2.47. The number of nitro groups is 1. The van der Waals surface area contributed by atoms with Gasteiger partial charge in [0.25, 0.3) is 11.6 Å². The molecule has 1 N–H and O–H groups in total. The van der Waals surface area contributed by atoms with E-state index in [2.05, 4.69) is 5.32 Å². The van der Waals surface area contributed by atoms with Gasteiger partial charge in [0.2, 0.25) is 0 Å². The van der Waals surface area contributed by atoms with Crippen LogP contribution in [0.15, 0.2) is 18.2 Å². The molecule has 0 aliphatic heterocycles. The number of ether oxygens (including phenoxy) is 1. The number of hydrogen-bond donors (Lipinski definition) is 1. The third-order valence-electron chi connectivity index (χ3n) is 3.23. The number of amides is 1. The molecule has 0 aromatic heterocycles. The molecule has 1 fully saturated rings. The Bertz CT molecular complexity index is 529. The molecule has 2 rings (SSSR count). The average molecular weight is 299 g/mol. The highest BCUT2D eigenvalue weighted by molar-refractivity contribution is 6.31. The van der Waals surface area contributed by atoms with E-state index < -0.39 is 10.8 Å². The minimum absolute atomic E-state index is 0.00219. The Labute approximate surface area is 121 Å². The van der Waals surface area contributed by atoms with E-state index in [1.165, 1.54) is 18.2 Å². The van der Waals surface area contributed by atoms with Gasteiger partial charge in [-0.05, 0) is 31.9 Å². The number of nitrogens with zero attached hydrogens (tertiary/aromatic N) is 1. The van der Waals surface area contributed by atoms with Crippen LogP contribution in [0.5, 0.6) is 0 Å². The molecule has 1 amide bonds. The number of halogens is 1. The molecular weight excluding hydrogens is 284 g/mol. The number of nitro benzene ring substituents is 1. The number of benzene rings is 1. The molecule has 0 radical (unpaired) electrons. The Kier molecular flexibility index (Phi) is 4.57. The van der Waals surface area contributed by atoms with Crippen molar-refractivity contribution in [1.82, 2.24) is 5.32 Å². The monoisotopic (exact) mass is 298 g/mol. The van der Waals surface area contributed by atoms with Crippen LogP contribution in [0.3, 0.4) is 0 Å². The lowest BCUT2D eigenvalue weighted by Gasteiger charge is -2.35. The minimum Gasteiger partial charge on any atom is -0.378 e. The van der Waals surface area contributed by atoms with E-state index in [0.717, 1.165) is 12.8 Å². The molecule has 1 aliphatic rings. The van der Waals surface area contributed by atoms with Crippen LogP contribution >= 0.6 is 11.6 Å². The molecule has 20 heavy (non-hydrogen) atoms. The number of hydrogen-bond acceptors (Lipinski definition) is 4. The van der Waals surface area contributed by atoms with Gasteiger partial charge in [-0.25, -0.2) is 0 Å². The van der Waals surface area contributed by atoms with Gasteiger partial charge in [-0.1, -0.05) is 11.6 Å². The van der Waals surface area contributed by atoms with Gasteiger partial charge in [-0.2, -0.15) is 0 Å². The topological polar surface area (TPSA) is 81.5 Å². The second-order valence-corrected chi connectivity index (χ2v) is 5.07. The summed E-state index contributed by atoms with van der Waals surface area (Å²) in [6, 6.07) is 3.94. The van der Waals surface area contributed by atoms with Crippen LogP contribution < -0.4 is 5.32 Å². The summed E-state index contributed by atoms with van der Waals surface area (Å²) in [6.07, 6.45) is 1.63. The summed E-state index contributed by atoms with van der Waals surface area (Å²) in [6.45, 7) is 2.56. The van der Waals surface area contributed by atoms with Crippen LogP contribution in [0.1, 0.15) is 30.1 Å². The van der Waals surface area contributed by atoms with Crippen molar-refractivity contribution < 1.29 is 14.5 Å². The van der Waals surface area contributed by atoms with Gasteiger partial charge in [0.05, 0.1) is 11.0 Å². The molecule has 108 valence electrons. The summed E-state index contributed by atoms with van der Waals surface area (Å²) in [5, 5.41) is 14.0. The van der Waals surface area contributed by atoms with Gasteiger partial charge in [-0.15, -0.1) is 0 Å². The van der Waals surface area contributed by atoms with Crippen LogP contribution in [0.25, 0.3) is 0 Å². The molecule has 1 saturated carbocycles. The molecule has 6 nitrogen and oxygen atoms in total. The third kappa shape index (κ3) is 3.26. The molecule has 0 atom stereocenters. The van der Waals surface area contributed by atoms with Crippen molar-refractivity contribution in [3.8, 4) is 0 Å². The molecule has 0 saturated heterocycles. The lowest BCUT2D eigenvalue weighted by atomic mass is 9.89. The molecule has 0 heterocycles. The first-order valence-electron chi connectivity index (χ1n) is 6.37. The summed E-state index contributed by atoms with van der Waals surface area (Å²) in [4.78, 5) is 22.4. The predicted octanol–water partition coefficient (Wildman–Crippen LogP) is 2.55. The summed E-state index contributed by atoms with van der Waals surface area (Å²) in [5.74, 6) is -0.473. The predicted molar refractivity (Wildman–Crippen MR) is 74.0 cm³/mol. The van der Waals surface area contributed by atoms with Crippen molar-refractivity contribution in [2.45, 2.75) is 31.9 Å². The zero-order chi connectivity index (χ0) is 14.7. The van der Waals surface area contributed by atoms with Crippen molar-refractivity contribution in [2.75, 3.05) is 6.61 Å². The number of rotatable bonds is 5. The average Bonchev–Trinajstić information content (AvgIpc) is 2.35. The zero-order valence-corrected chi connectivity index (χ0v) is 11.7. The normalized spacial score (nSPS) is 21.1. The van der Waals surface area contributed by atoms with E-state index in [0.29, 0.717) is 11.6 Å². The Hall–Kier alpha value is -1.66. The summed E-state index contributed by atoms with van der Waals surface area (Å²) >= 11 is 5.79. The van der Waals surface area contributed by atoms with Crippen LogP contribution in [0.4, 0.5) is 5.69 Å². The number of carbonyl (C=O) groups excluding carboxylic acids is 1. The van der Waals surface area contributed by atoms with Gasteiger partial charge in [0.1, 0.15) is 5.56 Å². The maximum absolute atomic E-state index is 12.1. The number of carbonyl (C=O) groups is 1. The molecule has 1 aromatic rings. The second-order valence-electron chi connectivity index (χ2n) is 4.64. The van der Waals surface area contributed by atoms with Gasteiger partial charge in [-0.3, -0.25) is 14.9 Å². The first-order chi connectivity index (χ1) is 9.51. The van der Waals surface area contributed by atoms with E-state index in [1.54, 1.807) is 0 Å². The molecule has 7 heteroatoms. The molecule has 0 bridgehead atoms. The van der Waals surface area contributed by atoms with Crippen molar-refractivity contribution >= 4 is 23.2 Å². The van der Waals surface area contributed by atoms with Crippen LogP contribution in [0, 0.1) is 10.1 Å². The lowest BCUT2D eigenvalue weighted by molar-refractivity contribution is -0.385. The van der Waals surface area contributed by atoms with Gasteiger partial charge in [0, 0.05) is 23.7 Å². The Balaban J connectivity index is 2.03. The first kappa shape index (κ1) is 14.7. The summed E-state index contributed by atoms with van der Waals surface area (Å²) in [7, 11) is 0. The fourth-order valence-corrected chi connectivity index (χ4v) is 2.34. The number of nitrogens with one attached hydrogen (secondary N) is 1. The van der Waals surface area contributed by atoms with Crippen molar-refractivity contribution in [1.29, 1.82) is 0 Å². The fraction of sp³-hybridized carbons (Fsp3) is 0.462. The van der Waals surface area contributed by atoms with Crippen LogP contribution in [-0.4, -0.2) is 29.6 Å². The second kappa shape index (κ2) is 6.19. The van der Waals surface area contributed by atoms with E-state index >= 15 is 0 Å². The Morgan fingerprint density at radius 3 is 2.85 bits per heavy atom. The Morgan fingerprint density at radius 1 is 1.55 bits per heavy atom. The quantitative estimate of drug-likeness (QED) is 0.669. The van der Waals surface area contributed by atoms with Crippen molar-refractivity contribution in [3.63, 3.8) is 0 Å². The first-order valence-corrected chi connectivity index (χ1v) is 6.75. The van der Waals surface area contributed by atoms with E-state index in [-0.39, 0.29) is 23.4 Å². The molecular formula is C13H15ClN2O4. The zero-order valence-electron chi connectivity index (χ0n) is 11.0. The van der Waals surface area contributed by atoms with E-state index in [4.69, 9.17) is 16.3 Å². The molecule has 1 aromatic carbocycles. The maximum Gasteiger partial charge on any atom is 0.282 e. The largest absolute Gasteiger partial charge is 0.378 e. The maximum atomic E-state index is 12.1. The highest BCUT2D eigenvalue weighted by atomic mass is 35.5. The van der Waals surface area contributed by atoms with Crippen LogP contribution in [-0.2, 0) is 4.74 Å². The fourth-order valence-electron chi connectivity index (χ4n) is 2.17. The van der Waals surface area contributed by atoms with E-state index in [1.807, 2.05) is 6.92 Å². The smallest absolute Gasteiger partial charge is 0.282 e. The van der Waals surface area contributed by atoms with Crippen molar-refractivity contribution in [2.24, 2.45) is 0 Å². The molecule has 0 spiro atoms. The van der Waals surface area contributed by atoms with Gasteiger partial charge in [0.15, 0.2) is 0 Å².